The van der Waals surface area contributed by atoms with Crippen LogP contribution >= 0.6 is 11.6 Å². The predicted octanol–water partition coefficient (Wildman–Crippen LogP) is 8.25. The van der Waals surface area contributed by atoms with E-state index in [2.05, 4.69) is 24.0 Å². The van der Waals surface area contributed by atoms with Crippen molar-refractivity contribution in [2.75, 3.05) is 0 Å². The van der Waals surface area contributed by atoms with Gasteiger partial charge < -0.3 is 8.92 Å². The van der Waals surface area contributed by atoms with E-state index in [0.717, 1.165) is 40.7 Å². The van der Waals surface area contributed by atoms with Crippen LogP contribution in [0.2, 0.25) is 5.15 Å². The zero-order chi connectivity index (χ0) is 27.1. The van der Waals surface area contributed by atoms with Gasteiger partial charge >= 0.3 is 10.1 Å². The third-order valence-electron chi connectivity index (χ3n) is 6.68. The van der Waals surface area contributed by atoms with Gasteiger partial charge in [-0.1, -0.05) is 83.5 Å². The van der Waals surface area contributed by atoms with Crippen LogP contribution in [0.15, 0.2) is 41.3 Å². The second-order valence-electron chi connectivity index (χ2n) is 10.7. The van der Waals surface area contributed by atoms with E-state index >= 15 is 0 Å². The van der Waals surface area contributed by atoms with Gasteiger partial charge in [0.05, 0.1) is 0 Å². The molecular formula is C29H35ClN2O4S. The molecule has 2 aromatic carbocycles. The van der Waals surface area contributed by atoms with Gasteiger partial charge in [0.1, 0.15) is 10.6 Å². The molecular weight excluding hydrogens is 508 g/mol. The average Bonchev–Trinajstić information content (AvgIpc) is 3.66. The summed E-state index contributed by atoms with van der Waals surface area (Å²) in [5.41, 5.74) is 4.53. The second-order valence-corrected chi connectivity index (χ2v) is 12.6. The number of aryl methyl sites for hydroxylation is 1. The monoisotopic (exact) mass is 542 g/mol. The van der Waals surface area contributed by atoms with Crippen LogP contribution in [0, 0.1) is 6.92 Å². The lowest BCUT2D eigenvalue weighted by Crippen LogP contribution is -2.18. The summed E-state index contributed by atoms with van der Waals surface area (Å²) < 4.78 is 39.8. The summed E-state index contributed by atoms with van der Waals surface area (Å²) >= 11 is 6.13. The maximum Gasteiger partial charge on any atom is 0.339 e. The molecule has 0 amide bonds. The van der Waals surface area contributed by atoms with E-state index in [-0.39, 0.29) is 39.4 Å². The first-order valence-electron chi connectivity index (χ1n) is 12.8. The zero-order valence-electron chi connectivity index (χ0n) is 22.5. The van der Waals surface area contributed by atoms with Crippen LogP contribution in [0.4, 0.5) is 0 Å². The molecule has 198 valence electrons. The minimum atomic E-state index is -4.27. The number of para-hydroxylation sites is 1. The van der Waals surface area contributed by atoms with Crippen molar-refractivity contribution in [2.45, 2.75) is 89.9 Å². The van der Waals surface area contributed by atoms with E-state index in [4.69, 9.17) is 20.5 Å². The summed E-state index contributed by atoms with van der Waals surface area (Å²) in [5.74, 6) is 1.12. The molecule has 1 aliphatic carbocycles. The molecule has 0 bridgehead atoms. The fourth-order valence-corrected chi connectivity index (χ4v) is 6.18. The van der Waals surface area contributed by atoms with Crippen LogP contribution in [-0.4, -0.2) is 18.6 Å². The van der Waals surface area contributed by atoms with Crippen molar-refractivity contribution >= 4 is 21.7 Å². The molecule has 1 aromatic heterocycles. The number of nitrogens with zero attached hydrogens (tertiary/aromatic N) is 2. The molecule has 3 aromatic rings. The Hall–Kier alpha value is -2.64. The molecule has 0 N–H and O–H groups in total. The summed E-state index contributed by atoms with van der Waals surface area (Å²) in [4.78, 5) is 0.190. The van der Waals surface area contributed by atoms with Crippen molar-refractivity contribution in [3.05, 3.63) is 69.4 Å². The Morgan fingerprint density at radius 1 is 0.919 bits per heavy atom. The molecule has 1 fully saturated rings. The number of rotatable bonds is 9. The third-order valence-corrected chi connectivity index (χ3v) is 8.24. The maximum atomic E-state index is 13.9. The fraction of sp³-hybridized carbons (Fsp3) is 0.448. The molecule has 0 unspecified atom stereocenters. The van der Waals surface area contributed by atoms with Gasteiger partial charge in [-0.25, -0.2) is 0 Å². The summed E-state index contributed by atoms with van der Waals surface area (Å²) in [6.07, 6.45) is 2.18. The largest absolute Gasteiger partial charge is 0.434 e. The predicted molar refractivity (Wildman–Crippen MR) is 147 cm³/mol. The summed E-state index contributed by atoms with van der Waals surface area (Å²) in [5, 5.41) is 7.98. The van der Waals surface area contributed by atoms with Crippen molar-refractivity contribution in [3.8, 4) is 17.4 Å². The third kappa shape index (κ3) is 5.93. The number of benzene rings is 2. The molecule has 0 aliphatic heterocycles. The Balaban J connectivity index is 1.81. The van der Waals surface area contributed by atoms with Crippen molar-refractivity contribution in [1.82, 2.24) is 10.2 Å². The summed E-state index contributed by atoms with van der Waals surface area (Å²) in [7, 11) is -4.27. The van der Waals surface area contributed by atoms with E-state index in [9.17, 15) is 8.42 Å². The topological polar surface area (TPSA) is 78.4 Å². The van der Waals surface area contributed by atoms with Crippen LogP contribution in [0.3, 0.4) is 0 Å². The SMILES string of the molecule is Cc1cccc(C2CC2)c1Oc1nnc(Cl)cc1OS(=O)(=O)c1c(C(C)C)cc(C(C)C)cc1C(C)C. The highest BCUT2D eigenvalue weighted by Gasteiger charge is 2.32. The van der Waals surface area contributed by atoms with Gasteiger partial charge in [0.2, 0.25) is 5.75 Å². The lowest BCUT2D eigenvalue weighted by molar-refractivity contribution is 0.409. The first kappa shape index (κ1) is 27.4. The van der Waals surface area contributed by atoms with Crippen LogP contribution in [0.25, 0.3) is 0 Å². The lowest BCUT2D eigenvalue weighted by Gasteiger charge is -2.23. The van der Waals surface area contributed by atoms with E-state index < -0.39 is 10.1 Å². The molecule has 8 heteroatoms. The molecule has 1 saturated carbocycles. The van der Waals surface area contributed by atoms with Gasteiger partial charge in [0.15, 0.2) is 5.15 Å². The molecule has 0 atom stereocenters. The van der Waals surface area contributed by atoms with E-state index in [1.54, 1.807) is 0 Å². The van der Waals surface area contributed by atoms with Gasteiger partial charge in [-0.3, -0.25) is 0 Å². The Kier molecular flexibility index (Phi) is 7.86. The van der Waals surface area contributed by atoms with E-state index in [1.165, 1.54) is 6.07 Å². The summed E-state index contributed by atoms with van der Waals surface area (Å²) in [6, 6.07) is 11.3. The highest BCUT2D eigenvalue weighted by atomic mass is 35.5. The smallest absolute Gasteiger partial charge is 0.339 e. The average molecular weight is 543 g/mol. The standard InChI is InChI=1S/C29H35ClN2O4S/c1-16(2)21-13-23(17(3)4)28(24(14-21)18(5)6)37(33,34)36-25-15-26(30)31-32-29(25)35-27-19(7)9-8-10-22(27)20-11-12-20/h8-10,13-18,20H,11-12H2,1-7H3. The van der Waals surface area contributed by atoms with Crippen molar-refractivity contribution < 1.29 is 17.3 Å². The first-order chi connectivity index (χ1) is 17.4. The van der Waals surface area contributed by atoms with Gasteiger partial charge in [-0.05, 0) is 71.3 Å². The van der Waals surface area contributed by atoms with Crippen LogP contribution in [0.5, 0.6) is 17.4 Å². The minimum absolute atomic E-state index is 0.00747. The lowest BCUT2D eigenvalue weighted by atomic mass is 9.89. The Morgan fingerprint density at radius 3 is 2.08 bits per heavy atom. The van der Waals surface area contributed by atoms with Gasteiger partial charge in [-0.15, -0.1) is 10.2 Å². The number of hydrogen-bond donors (Lipinski definition) is 0. The van der Waals surface area contributed by atoms with Gasteiger partial charge in [0.25, 0.3) is 5.88 Å². The fourth-order valence-electron chi connectivity index (χ4n) is 4.44. The molecule has 6 nitrogen and oxygen atoms in total. The zero-order valence-corrected chi connectivity index (χ0v) is 24.1. The number of halogens is 1. The summed E-state index contributed by atoms with van der Waals surface area (Å²) in [6.45, 7) is 14.1. The van der Waals surface area contributed by atoms with Crippen LogP contribution in [0.1, 0.15) is 106 Å². The van der Waals surface area contributed by atoms with Crippen molar-refractivity contribution in [1.29, 1.82) is 0 Å². The Morgan fingerprint density at radius 2 is 1.54 bits per heavy atom. The molecule has 37 heavy (non-hydrogen) atoms. The molecule has 4 rings (SSSR count). The first-order valence-corrected chi connectivity index (χ1v) is 14.6. The second kappa shape index (κ2) is 10.6. The Labute approximate surface area is 225 Å². The molecule has 0 radical (unpaired) electrons. The van der Waals surface area contributed by atoms with E-state index in [0.29, 0.717) is 11.7 Å². The van der Waals surface area contributed by atoms with Crippen molar-refractivity contribution in [2.24, 2.45) is 0 Å². The van der Waals surface area contributed by atoms with Crippen LogP contribution in [-0.2, 0) is 10.1 Å². The highest BCUT2D eigenvalue weighted by molar-refractivity contribution is 7.87. The maximum absolute atomic E-state index is 13.9. The minimum Gasteiger partial charge on any atom is -0.434 e. The van der Waals surface area contributed by atoms with Gasteiger partial charge in [-0.2, -0.15) is 8.42 Å². The van der Waals surface area contributed by atoms with Crippen LogP contribution < -0.4 is 8.92 Å². The van der Waals surface area contributed by atoms with Crippen molar-refractivity contribution in [3.63, 3.8) is 0 Å². The molecule has 1 aliphatic rings. The quantitative estimate of drug-likeness (QED) is 0.253. The normalized spacial score (nSPS) is 14.0. The number of hydrogen-bond acceptors (Lipinski definition) is 6. The molecule has 0 spiro atoms. The number of ether oxygens (including phenoxy) is 1. The Bertz CT molecular complexity index is 1380. The van der Waals surface area contributed by atoms with E-state index in [1.807, 2.05) is 65.0 Å². The van der Waals surface area contributed by atoms with Gasteiger partial charge in [0, 0.05) is 6.07 Å². The highest BCUT2D eigenvalue weighted by Crippen LogP contribution is 2.47. The molecule has 0 saturated heterocycles. The number of aromatic nitrogens is 2. The molecule has 1 heterocycles.